The van der Waals surface area contributed by atoms with E-state index in [9.17, 15) is 8.42 Å². The van der Waals surface area contributed by atoms with Crippen LogP contribution in [0, 0.1) is 0 Å². The van der Waals surface area contributed by atoms with Crippen LogP contribution in [-0.4, -0.2) is 14.2 Å². The number of nitrogens with two attached hydrogens (primary N) is 1. The van der Waals surface area contributed by atoms with Crippen molar-refractivity contribution < 1.29 is 8.42 Å². The molecule has 0 saturated carbocycles. The minimum absolute atomic E-state index is 0. The lowest BCUT2D eigenvalue weighted by molar-refractivity contribution is 0.569. The van der Waals surface area contributed by atoms with Crippen LogP contribution in [0.15, 0.2) is 29.2 Å². The summed E-state index contributed by atoms with van der Waals surface area (Å²) in [5.74, 6) is 0.172. The minimum Gasteiger partial charge on any atom is -0.324 e. The molecule has 1 aliphatic rings. The van der Waals surface area contributed by atoms with E-state index in [4.69, 9.17) is 5.73 Å². The van der Waals surface area contributed by atoms with Crippen LogP contribution in [-0.2, 0) is 9.84 Å². The third-order valence-electron chi connectivity index (χ3n) is 2.35. The lowest BCUT2D eigenvalue weighted by atomic mass is 10.1. The molecule has 0 aromatic heterocycles. The van der Waals surface area contributed by atoms with Gasteiger partial charge in [-0.25, -0.2) is 8.42 Å². The van der Waals surface area contributed by atoms with Crippen LogP contribution in [0.3, 0.4) is 0 Å². The van der Waals surface area contributed by atoms with E-state index in [1.54, 1.807) is 18.2 Å². The first-order chi connectivity index (χ1) is 6.11. The molecule has 0 amide bonds. The number of rotatable bonds is 0. The van der Waals surface area contributed by atoms with Crippen molar-refractivity contribution in [1.29, 1.82) is 0 Å². The first-order valence-electron chi connectivity index (χ1n) is 4.18. The maximum Gasteiger partial charge on any atom is 0.178 e. The maximum atomic E-state index is 11.6. The highest BCUT2D eigenvalue weighted by atomic mass is 35.5. The van der Waals surface area contributed by atoms with Gasteiger partial charge >= 0.3 is 0 Å². The molecule has 0 saturated heterocycles. The van der Waals surface area contributed by atoms with Crippen LogP contribution >= 0.6 is 12.4 Å². The number of halogens is 1. The number of hydrogen-bond acceptors (Lipinski definition) is 3. The molecule has 1 atom stereocenters. The van der Waals surface area contributed by atoms with E-state index in [0.717, 1.165) is 5.56 Å². The monoisotopic (exact) mass is 233 g/mol. The van der Waals surface area contributed by atoms with Gasteiger partial charge in [0, 0.05) is 6.04 Å². The maximum absolute atomic E-state index is 11.6. The Bertz CT molecular complexity index is 430. The lowest BCUT2D eigenvalue weighted by Gasteiger charge is -2.21. The standard InChI is InChI=1S/C9H11NO2S.ClH/c10-8-5-6-13(11,12)9-4-2-1-3-7(8)9;/h1-4,8H,5-6,10H2;1H. The van der Waals surface area contributed by atoms with Crippen molar-refractivity contribution >= 4 is 22.2 Å². The fourth-order valence-electron chi connectivity index (χ4n) is 1.62. The van der Waals surface area contributed by atoms with Gasteiger partial charge in [0.25, 0.3) is 0 Å². The zero-order chi connectivity index (χ0) is 9.47. The van der Waals surface area contributed by atoms with Crippen molar-refractivity contribution in [3.8, 4) is 0 Å². The summed E-state index contributed by atoms with van der Waals surface area (Å²) >= 11 is 0. The molecule has 2 N–H and O–H groups in total. The van der Waals surface area contributed by atoms with E-state index in [2.05, 4.69) is 0 Å². The van der Waals surface area contributed by atoms with Gasteiger partial charge < -0.3 is 5.73 Å². The third kappa shape index (κ3) is 1.78. The molecule has 14 heavy (non-hydrogen) atoms. The Morgan fingerprint density at radius 3 is 2.57 bits per heavy atom. The predicted molar refractivity (Wildman–Crippen MR) is 57.3 cm³/mol. The van der Waals surface area contributed by atoms with E-state index in [1.165, 1.54) is 0 Å². The zero-order valence-electron chi connectivity index (χ0n) is 7.51. The third-order valence-corrected chi connectivity index (χ3v) is 4.17. The van der Waals surface area contributed by atoms with E-state index in [-0.39, 0.29) is 24.2 Å². The van der Waals surface area contributed by atoms with Crippen molar-refractivity contribution in [1.82, 2.24) is 0 Å². The first kappa shape index (κ1) is 11.5. The lowest BCUT2D eigenvalue weighted by Crippen LogP contribution is -2.24. The molecule has 0 bridgehead atoms. The average molecular weight is 234 g/mol. The van der Waals surface area contributed by atoms with E-state index < -0.39 is 9.84 Å². The van der Waals surface area contributed by atoms with Gasteiger partial charge in [0.1, 0.15) is 0 Å². The largest absolute Gasteiger partial charge is 0.324 e. The second kappa shape index (κ2) is 3.88. The molecule has 1 unspecified atom stereocenters. The Hall–Kier alpha value is -0.580. The van der Waals surface area contributed by atoms with Gasteiger partial charge in [-0.2, -0.15) is 0 Å². The van der Waals surface area contributed by atoms with Gasteiger partial charge in [-0.15, -0.1) is 12.4 Å². The normalized spacial score (nSPS) is 23.4. The Labute approximate surface area is 89.6 Å². The summed E-state index contributed by atoms with van der Waals surface area (Å²) in [4.78, 5) is 0.411. The summed E-state index contributed by atoms with van der Waals surface area (Å²) < 4.78 is 23.1. The van der Waals surface area contributed by atoms with Crippen LogP contribution in [0.25, 0.3) is 0 Å². The zero-order valence-corrected chi connectivity index (χ0v) is 9.14. The van der Waals surface area contributed by atoms with Crippen LogP contribution in [0.2, 0.25) is 0 Å². The molecule has 0 aliphatic carbocycles. The van der Waals surface area contributed by atoms with Crippen LogP contribution in [0.4, 0.5) is 0 Å². The highest BCUT2D eigenvalue weighted by Crippen LogP contribution is 2.29. The van der Waals surface area contributed by atoms with Gasteiger partial charge in [-0.05, 0) is 18.1 Å². The first-order valence-corrected chi connectivity index (χ1v) is 5.84. The fourth-order valence-corrected chi connectivity index (χ4v) is 3.27. The van der Waals surface area contributed by atoms with Gasteiger partial charge in [-0.1, -0.05) is 18.2 Å². The molecule has 2 rings (SSSR count). The molecule has 1 aliphatic heterocycles. The fraction of sp³-hybridized carbons (Fsp3) is 0.333. The van der Waals surface area contributed by atoms with Crippen LogP contribution < -0.4 is 5.73 Å². The van der Waals surface area contributed by atoms with Crippen LogP contribution in [0.5, 0.6) is 0 Å². The molecule has 0 fully saturated rings. The van der Waals surface area contributed by atoms with Crippen molar-refractivity contribution in [3.63, 3.8) is 0 Å². The second-order valence-electron chi connectivity index (χ2n) is 3.25. The molecule has 3 nitrogen and oxygen atoms in total. The highest BCUT2D eigenvalue weighted by molar-refractivity contribution is 7.91. The van der Waals surface area contributed by atoms with Gasteiger partial charge in [0.2, 0.25) is 0 Å². The molecule has 5 heteroatoms. The Morgan fingerprint density at radius 1 is 1.29 bits per heavy atom. The van der Waals surface area contributed by atoms with E-state index >= 15 is 0 Å². The number of hydrogen-bond donors (Lipinski definition) is 1. The van der Waals surface area contributed by atoms with E-state index in [0.29, 0.717) is 11.3 Å². The summed E-state index contributed by atoms with van der Waals surface area (Å²) in [6.45, 7) is 0. The summed E-state index contributed by atoms with van der Waals surface area (Å²) in [5.41, 5.74) is 6.56. The van der Waals surface area contributed by atoms with E-state index in [1.807, 2.05) is 6.07 Å². The quantitative estimate of drug-likeness (QED) is 0.735. The molecular formula is C9H12ClNO2S. The van der Waals surface area contributed by atoms with Crippen molar-refractivity contribution in [2.45, 2.75) is 17.4 Å². The number of benzene rings is 1. The summed E-state index contributed by atoms with van der Waals surface area (Å²) in [5, 5.41) is 0. The topological polar surface area (TPSA) is 60.2 Å². The number of sulfone groups is 1. The Morgan fingerprint density at radius 2 is 1.93 bits per heavy atom. The SMILES string of the molecule is Cl.NC1CCS(=O)(=O)c2ccccc21. The smallest absolute Gasteiger partial charge is 0.178 e. The number of fused-ring (bicyclic) bond motifs is 1. The molecule has 1 heterocycles. The minimum atomic E-state index is -3.05. The Balaban J connectivity index is 0.000000980. The molecule has 1 aromatic rings. The highest BCUT2D eigenvalue weighted by Gasteiger charge is 2.27. The molecule has 0 radical (unpaired) electrons. The van der Waals surface area contributed by atoms with Crippen LogP contribution in [0.1, 0.15) is 18.0 Å². The van der Waals surface area contributed by atoms with Gasteiger partial charge in [-0.3, -0.25) is 0 Å². The molecular weight excluding hydrogens is 222 g/mol. The van der Waals surface area contributed by atoms with Gasteiger partial charge in [0.15, 0.2) is 9.84 Å². The van der Waals surface area contributed by atoms with Crippen molar-refractivity contribution in [3.05, 3.63) is 29.8 Å². The predicted octanol–water partition coefficient (Wildman–Crippen LogP) is 1.29. The summed E-state index contributed by atoms with van der Waals surface area (Å²) in [6, 6.07) is 6.84. The Kier molecular flexibility index (Phi) is 3.19. The molecule has 1 aromatic carbocycles. The second-order valence-corrected chi connectivity index (χ2v) is 5.33. The van der Waals surface area contributed by atoms with Crippen molar-refractivity contribution in [2.24, 2.45) is 5.73 Å². The average Bonchev–Trinajstić information content (AvgIpc) is 2.13. The van der Waals surface area contributed by atoms with Gasteiger partial charge in [0.05, 0.1) is 10.6 Å². The van der Waals surface area contributed by atoms with Crippen molar-refractivity contribution in [2.75, 3.05) is 5.75 Å². The summed E-state index contributed by atoms with van der Waals surface area (Å²) in [7, 11) is -3.05. The summed E-state index contributed by atoms with van der Waals surface area (Å²) in [6.07, 6.45) is 0.527. The molecule has 0 spiro atoms. The molecule has 78 valence electrons.